The van der Waals surface area contributed by atoms with E-state index in [1.807, 2.05) is 37.9 Å². The number of anilines is 1. The first-order valence-corrected chi connectivity index (χ1v) is 9.15. The molecule has 0 bridgehead atoms. The van der Waals surface area contributed by atoms with Gasteiger partial charge in [-0.25, -0.2) is 5.01 Å². The van der Waals surface area contributed by atoms with E-state index in [9.17, 15) is 9.59 Å². The zero-order chi connectivity index (χ0) is 17.1. The van der Waals surface area contributed by atoms with E-state index < -0.39 is 11.0 Å². The normalized spacial score (nSPS) is 27.4. The van der Waals surface area contributed by atoms with Crippen molar-refractivity contribution in [1.29, 1.82) is 0 Å². The predicted octanol–water partition coefficient (Wildman–Crippen LogP) is 3.65. The summed E-state index contributed by atoms with van der Waals surface area (Å²) in [5.41, 5.74) is 1.45. The first-order chi connectivity index (χ1) is 11.4. The minimum atomic E-state index is -0.451. The largest absolute Gasteiger partial charge is 0.300 e. The van der Waals surface area contributed by atoms with Crippen LogP contribution < -0.4 is 5.01 Å². The fraction of sp³-hybridized carbons (Fsp3) is 0.600. The number of ketones is 1. The molecule has 1 amide bonds. The number of hydrogen-bond donors (Lipinski definition) is 0. The summed E-state index contributed by atoms with van der Waals surface area (Å²) in [5.74, 6) is 0.843. The molecule has 0 N–H and O–H groups in total. The maximum atomic E-state index is 13.2. The van der Waals surface area contributed by atoms with Gasteiger partial charge in [0.2, 0.25) is 5.91 Å². The third-order valence-electron chi connectivity index (χ3n) is 5.83. The van der Waals surface area contributed by atoms with Gasteiger partial charge in [-0.1, -0.05) is 25.1 Å². The number of hydrogen-bond acceptors (Lipinski definition) is 3. The van der Waals surface area contributed by atoms with E-state index >= 15 is 0 Å². The minimum Gasteiger partial charge on any atom is -0.300 e. The van der Waals surface area contributed by atoms with E-state index in [4.69, 9.17) is 0 Å². The van der Waals surface area contributed by atoms with Crippen molar-refractivity contribution in [2.24, 2.45) is 11.3 Å². The SMILES string of the molecule is CCCC(=O)CC1(C2CC2)c2ccccc2N2CC(C)(C)C(=O)N21. The molecule has 128 valence electrons. The van der Waals surface area contributed by atoms with Gasteiger partial charge < -0.3 is 0 Å². The molecule has 2 fully saturated rings. The van der Waals surface area contributed by atoms with Gasteiger partial charge in [0, 0.05) is 18.4 Å². The lowest BCUT2D eigenvalue weighted by molar-refractivity contribution is -0.142. The van der Waals surface area contributed by atoms with E-state index in [1.165, 1.54) is 5.56 Å². The molecule has 24 heavy (non-hydrogen) atoms. The van der Waals surface area contributed by atoms with Crippen LogP contribution in [0.1, 0.15) is 58.4 Å². The first-order valence-electron chi connectivity index (χ1n) is 9.15. The monoisotopic (exact) mass is 326 g/mol. The molecule has 3 aliphatic rings. The Morgan fingerprint density at radius 3 is 2.62 bits per heavy atom. The van der Waals surface area contributed by atoms with E-state index in [0.29, 0.717) is 25.3 Å². The van der Waals surface area contributed by atoms with E-state index in [-0.39, 0.29) is 11.7 Å². The Hall–Kier alpha value is -1.84. The summed E-state index contributed by atoms with van der Waals surface area (Å²) < 4.78 is 0. The van der Waals surface area contributed by atoms with E-state index in [1.54, 1.807) is 0 Å². The lowest BCUT2D eigenvalue weighted by Crippen LogP contribution is -2.52. The molecule has 0 radical (unpaired) electrons. The number of para-hydroxylation sites is 1. The number of fused-ring (bicyclic) bond motifs is 3. The van der Waals surface area contributed by atoms with Crippen LogP contribution in [-0.2, 0) is 15.1 Å². The quantitative estimate of drug-likeness (QED) is 0.829. The number of amides is 1. The highest BCUT2D eigenvalue weighted by Crippen LogP contribution is 2.61. The van der Waals surface area contributed by atoms with Crippen molar-refractivity contribution >= 4 is 17.4 Å². The zero-order valence-electron chi connectivity index (χ0n) is 14.8. The molecule has 1 aromatic rings. The fourth-order valence-corrected chi connectivity index (χ4v) is 4.61. The Kier molecular flexibility index (Phi) is 3.32. The fourth-order valence-electron chi connectivity index (χ4n) is 4.61. The van der Waals surface area contributed by atoms with Crippen LogP contribution in [0.2, 0.25) is 0 Å². The topological polar surface area (TPSA) is 40.6 Å². The van der Waals surface area contributed by atoms with Gasteiger partial charge >= 0.3 is 0 Å². The Morgan fingerprint density at radius 1 is 1.25 bits per heavy atom. The number of rotatable bonds is 5. The molecule has 4 rings (SSSR count). The van der Waals surface area contributed by atoms with Gasteiger partial charge in [0.15, 0.2) is 0 Å². The lowest BCUT2D eigenvalue weighted by atomic mass is 9.78. The second-order valence-corrected chi connectivity index (χ2v) is 8.24. The van der Waals surface area contributed by atoms with Crippen LogP contribution in [0, 0.1) is 11.3 Å². The number of carbonyl (C=O) groups excluding carboxylic acids is 2. The molecule has 4 nitrogen and oxygen atoms in total. The maximum absolute atomic E-state index is 13.2. The summed E-state index contributed by atoms with van der Waals surface area (Å²) in [4.78, 5) is 25.9. The second-order valence-electron chi connectivity index (χ2n) is 8.24. The minimum absolute atomic E-state index is 0.162. The molecular formula is C20H26N2O2. The molecule has 0 spiro atoms. The molecule has 1 unspecified atom stereocenters. The van der Waals surface area contributed by atoms with E-state index in [2.05, 4.69) is 17.1 Å². The third-order valence-corrected chi connectivity index (χ3v) is 5.83. The molecule has 4 heteroatoms. The summed E-state index contributed by atoms with van der Waals surface area (Å²) in [5, 5.41) is 4.12. The standard InChI is InChI=1S/C20H26N2O2/c1-4-7-15(23)12-20(14-10-11-14)16-8-5-6-9-17(16)21-13-19(2,3)18(24)22(20)21/h5-6,8-9,14H,4,7,10-13H2,1-3H3. The number of benzene rings is 1. The number of nitrogens with zero attached hydrogens (tertiary/aromatic N) is 2. The third kappa shape index (κ3) is 1.98. The van der Waals surface area contributed by atoms with Gasteiger partial charge in [-0.05, 0) is 45.1 Å². The van der Waals surface area contributed by atoms with Gasteiger partial charge in [-0.3, -0.25) is 14.6 Å². The highest BCUT2D eigenvalue weighted by Gasteiger charge is 2.64. The van der Waals surface area contributed by atoms with Crippen LogP contribution in [0.4, 0.5) is 5.69 Å². The Balaban J connectivity index is 1.87. The van der Waals surface area contributed by atoms with Crippen LogP contribution in [0.3, 0.4) is 0 Å². The van der Waals surface area contributed by atoms with Crippen molar-refractivity contribution in [3.63, 3.8) is 0 Å². The number of carbonyl (C=O) groups is 2. The van der Waals surface area contributed by atoms with Crippen molar-refractivity contribution in [2.45, 2.75) is 58.4 Å². The van der Waals surface area contributed by atoms with Crippen LogP contribution in [0.5, 0.6) is 0 Å². The highest BCUT2D eigenvalue weighted by molar-refractivity contribution is 5.93. The second kappa shape index (κ2) is 5.08. The summed E-state index contributed by atoms with van der Waals surface area (Å²) in [6, 6.07) is 8.31. The van der Waals surface area contributed by atoms with Gasteiger partial charge in [0.25, 0.3) is 0 Å². The predicted molar refractivity (Wildman–Crippen MR) is 93.3 cm³/mol. The van der Waals surface area contributed by atoms with Gasteiger partial charge in [0.1, 0.15) is 11.3 Å². The van der Waals surface area contributed by atoms with Crippen molar-refractivity contribution < 1.29 is 9.59 Å². The molecular weight excluding hydrogens is 300 g/mol. The molecule has 1 atom stereocenters. The van der Waals surface area contributed by atoms with Crippen LogP contribution in [-0.4, -0.2) is 23.2 Å². The van der Waals surface area contributed by atoms with Crippen LogP contribution >= 0.6 is 0 Å². The molecule has 2 heterocycles. The smallest absolute Gasteiger partial charge is 0.249 e. The average molecular weight is 326 g/mol. The van der Waals surface area contributed by atoms with Crippen molar-refractivity contribution in [3.8, 4) is 0 Å². The van der Waals surface area contributed by atoms with Crippen molar-refractivity contribution in [3.05, 3.63) is 29.8 Å². The average Bonchev–Trinajstić information content (AvgIpc) is 3.31. The molecule has 1 saturated carbocycles. The number of Topliss-reactive ketones (excluding diaryl/α,β-unsaturated/α-hetero) is 1. The Bertz CT molecular complexity index is 707. The molecule has 1 aliphatic carbocycles. The lowest BCUT2D eigenvalue weighted by Gasteiger charge is -2.39. The molecule has 0 aromatic heterocycles. The summed E-state index contributed by atoms with van der Waals surface area (Å²) in [6.45, 7) is 6.77. The Labute approximate surface area is 143 Å². The van der Waals surface area contributed by atoms with Crippen molar-refractivity contribution in [2.75, 3.05) is 11.6 Å². The molecule has 2 aliphatic heterocycles. The molecule has 1 saturated heterocycles. The van der Waals surface area contributed by atoms with Gasteiger partial charge in [-0.2, -0.15) is 0 Å². The van der Waals surface area contributed by atoms with Crippen LogP contribution in [0.25, 0.3) is 0 Å². The summed E-state index contributed by atoms with van der Waals surface area (Å²) in [7, 11) is 0. The van der Waals surface area contributed by atoms with Gasteiger partial charge in [-0.15, -0.1) is 0 Å². The first kappa shape index (κ1) is 15.7. The van der Waals surface area contributed by atoms with Crippen molar-refractivity contribution in [1.82, 2.24) is 5.01 Å². The Morgan fingerprint density at radius 2 is 1.96 bits per heavy atom. The van der Waals surface area contributed by atoms with Gasteiger partial charge in [0.05, 0.1) is 17.6 Å². The zero-order valence-corrected chi connectivity index (χ0v) is 14.8. The van der Waals surface area contributed by atoms with E-state index in [0.717, 1.165) is 24.9 Å². The summed E-state index contributed by atoms with van der Waals surface area (Å²) >= 11 is 0. The number of hydrazine groups is 1. The van der Waals surface area contributed by atoms with Crippen LogP contribution in [0.15, 0.2) is 24.3 Å². The summed E-state index contributed by atoms with van der Waals surface area (Å²) in [6.07, 6.45) is 4.13. The molecule has 1 aromatic carbocycles. The maximum Gasteiger partial charge on any atom is 0.249 e. The highest BCUT2D eigenvalue weighted by atomic mass is 16.2.